The van der Waals surface area contributed by atoms with E-state index < -0.39 is 0 Å². The molecule has 0 amide bonds. The topological polar surface area (TPSA) is 36.4 Å². The van der Waals surface area contributed by atoms with Crippen molar-refractivity contribution >= 4 is 40.6 Å². The van der Waals surface area contributed by atoms with Gasteiger partial charge in [0.1, 0.15) is 0 Å². The van der Waals surface area contributed by atoms with Gasteiger partial charge in [0.05, 0.1) is 6.21 Å². The SMILES string of the molecule is Cc1cccc(NC(=S)NN=Cc2sccc2C)c1. The molecule has 5 heteroatoms. The summed E-state index contributed by atoms with van der Waals surface area (Å²) in [6.07, 6.45) is 1.78. The molecule has 3 nitrogen and oxygen atoms in total. The molecule has 1 aromatic carbocycles. The summed E-state index contributed by atoms with van der Waals surface area (Å²) in [5.41, 5.74) is 6.17. The summed E-state index contributed by atoms with van der Waals surface area (Å²) in [5, 5.41) is 9.74. The number of aryl methyl sites for hydroxylation is 2. The van der Waals surface area contributed by atoms with Crippen molar-refractivity contribution in [1.82, 2.24) is 5.43 Å². The Kier molecular flexibility index (Phi) is 4.65. The number of nitrogens with zero attached hydrogens (tertiary/aromatic N) is 1. The molecule has 0 saturated carbocycles. The zero-order valence-corrected chi connectivity index (χ0v) is 12.4. The minimum atomic E-state index is 0.482. The van der Waals surface area contributed by atoms with Crippen molar-refractivity contribution in [2.75, 3.05) is 5.32 Å². The van der Waals surface area contributed by atoms with E-state index in [1.807, 2.05) is 36.6 Å². The Hall–Kier alpha value is -1.72. The molecule has 2 rings (SSSR count). The average molecular weight is 289 g/mol. The zero-order chi connectivity index (χ0) is 13.7. The van der Waals surface area contributed by atoms with Crippen LogP contribution in [0.3, 0.4) is 0 Å². The Morgan fingerprint density at radius 2 is 2.16 bits per heavy atom. The lowest BCUT2D eigenvalue weighted by Gasteiger charge is -2.07. The number of rotatable bonds is 3. The molecule has 0 aliphatic heterocycles. The van der Waals surface area contributed by atoms with Crippen LogP contribution in [-0.2, 0) is 0 Å². The second-order valence-electron chi connectivity index (χ2n) is 4.16. The molecule has 0 fully saturated rings. The van der Waals surface area contributed by atoms with E-state index in [0.717, 1.165) is 10.6 Å². The molecule has 1 heterocycles. The van der Waals surface area contributed by atoms with Gasteiger partial charge < -0.3 is 5.32 Å². The van der Waals surface area contributed by atoms with Crippen LogP contribution in [0.4, 0.5) is 5.69 Å². The maximum absolute atomic E-state index is 5.17. The fraction of sp³-hybridized carbons (Fsp3) is 0.143. The molecule has 2 aromatic rings. The number of nitrogens with one attached hydrogen (secondary N) is 2. The van der Waals surface area contributed by atoms with Crippen LogP contribution in [0.25, 0.3) is 0 Å². The standard InChI is InChI=1S/C14H15N3S2/c1-10-4-3-5-12(8-10)16-14(18)17-15-9-13-11(2)6-7-19-13/h3-9H,1-2H3,(H2,16,17,18). The smallest absolute Gasteiger partial charge is 0.191 e. The number of hydrogen-bond donors (Lipinski definition) is 2. The van der Waals surface area contributed by atoms with E-state index in [2.05, 4.69) is 28.8 Å². The van der Waals surface area contributed by atoms with E-state index in [9.17, 15) is 0 Å². The van der Waals surface area contributed by atoms with Gasteiger partial charge in [-0.2, -0.15) is 5.10 Å². The van der Waals surface area contributed by atoms with E-state index in [1.54, 1.807) is 17.6 Å². The summed E-state index contributed by atoms with van der Waals surface area (Å²) in [6.45, 7) is 4.10. The third-order valence-corrected chi connectivity index (χ3v) is 3.67. The molecule has 98 valence electrons. The molecule has 1 aromatic heterocycles. The predicted molar refractivity (Wildman–Crippen MR) is 87.2 cm³/mol. The maximum Gasteiger partial charge on any atom is 0.191 e. The van der Waals surface area contributed by atoms with Crippen molar-refractivity contribution in [2.45, 2.75) is 13.8 Å². The lowest BCUT2D eigenvalue weighted by Crippen LogP contribution is -2.23. The van der Waals surface area contributed by atoms with E-state index in [-0.39, 0.29) is 0 Å². The Labute approximate surface area is 122 Å². The van der Waals surface area contributed by atoms with Crippen molar-refractivity contribution in [2.24, 2.45) is 5.10 Å². The molecule has 0 radical (unpaired) electrons. The predicted octanol–water partition coefficient (Wildman–Crippen LogP) is 3.69. The minimum Gasteiger partial charge on any atom is -0.331 e. The molecule has 0 spiro atoms. The van der Waals surface area contributed by atoms with Crippen molar-refractivity contribution in [3.63, 3.8) is 0 Å². The van der Waals surface area contributed by atoms with E-state index >= 15 is 0 Å². The van der Waals surface area contributed by atoms with Crippen molar-refractivity contribution in [3.8, 4) is 0 Å². The summed E-state index contributed by atoms with van der Waals surface area (Å²) in [6, 6.07) is 10.1. The summed E-state index contributed by atoms with van der Waals surface area (Å²) in [4.78, 5) is 1.13. The first-order chi connectivity index (χ1) is 9.15. The average Bonchev–Trinajstić information content (AvgIpc) is 2.75. The molecular weight excluding hydrogens is 274 g/mol. The summed E-state index contributed by atoms with van der Waals surface area (Å²) in [5.74, 6) is 0. The fourth-order valence-electron chi connectivity index (χ4n) is 1.55. The third-order valence-electron chi connectivity index (χ3n) is 2.53. The molecule has 0 atom stereocenters. The van der Waals surface area contributed by atoms with Gasteiger partial charge in [-0.15, -0.1) is 11.3 Å². The fourth-order valence-corrected chi connectivity index (χ4v) is 2.50. The molecule has 2 N–H and O–H groups in total. The van der Waals surface area contributed by atoms with Gasteiger partial charge in [0.15, 0.2) is 5.11 Å². The number of benzene rings is 1. The molecule has 0 saturated heterocycles. The third kappa shape index (κ3) is 4.15. The molecular formula is C14H15N3S2. The largest absolute Gasteiger partial charge is 0.331 e. The number of hydrazone groups is 1. The van der Waals surface area contributed by atoms with Crippen LogP contribution in [0.2, 0.25) is 0 Å². The van der Waals surface area contributed by atoms with Gasteiger partial charge in [0.25, 0.3) is 0 Å². The van der Waals surface area contributed by atoms with Crippen LogP contribution in [0.5, 0.6) is 0 Å². The monoisotopic (exact) mass is 289 g/mol. The quantitative estimate of drug-likeness (QED) is 0.514. The first-order valence-electron chi connectivity index (χ1n) is 5.86. The number of anilines is 1. The zero-order valence-electron chi connectivity index (χ0n) is 10.8. The van der Waals surface area contributed by atoms with Crippen molar-refractivity contribution < 1.29 is 0 Å². The Morgan fingerprint density at radius 3 is 2.84 bits per heavy atom. The first-order valence-corrected chi connectivity index (χ1v) is 7.15. The normalized spacial score (nSPS) is 10.6. The lowest BCUT2D eigenvalue weighted by molar-refractivity contribution is 1.05. The highest BCUT2D eigenvalue weighted by Gasteiger charge is 1.97. The minimum absolute atomic E-state index is 0.482. The highest BCUT2D eigenvalue weighted by atomic mass is 32.1. The highest BCUT2D eigenvalue weighted by molar-refractivity contribution is 7.80. The van der Waals surface area contributed by atoms with Crippen molar-refractivity contribution in [3.05, 3.63) is 51.7 Å². The van der Waals surface area contributed by atoms with Gasteiger partial charge >= 0.3 is 0 Å². The Morgan fingerprint density at radius 1 is 1.32 bits per heavy atom. The van der Waals surface area contributed by atoms with Gasteiger partial charge in [0, 0.05) is 10.6 Å². The van der Waals surface area contributed by atoms with Gasteiger partial charge in [-0.05, 0) is 60.8 Å². The molecule has 19 heavy (non-hydrogen) atoms. The highest BCUT2D eigenvalue weighted by Crippen LogP contribution is 2.12. The van der Waals surface area contributed by atoms with Gasteiger partial charge in [0.2, 0.25) is 0 Å². The lowest BCUT2D eigenvalue weighted by atomic mass is 10.2. The van der Waals surface area contributed by atoms with E-state index in [0.29, 0.717) is 5.11 Å². The van der Waals surface area contributed by atoms with E-state index in [4.69, 9.17) is 12.2 Å². The molecule has 0 aliphatic rings. The molecule has 0 unspecified atom stereocenters. The second-order valence-corrected chi connectivity index (χ2v) is 5.52. The van der Waals surface area contributed by atoms with Crippen LogP contribution >= 0.6 is 23.6 Å². The Bertz CT molecular complexity index is 602. The van der Waals surface area contributed by atoms with Crippen LogP contribution in [0, 0.1) is 13.8 Å². The van der Waals surface area contributed by atoms with Gasteiger partial charge in [-0.1, -0.05) is 12.1 Å². The summed E-state index contributed by atoms with van der Waals surface area (Å²) >= 11 is 6.83. The van der Waals surface area contributed by atoms with Gasteiger partial charge in [-0.25, -0.2) is 0 Å². The van der Waals surface area contributed by atoms with Crippen LogP contribution in [-0.4, -0.2) is 11.3 Å². The maximum atomic E-state index is 5.17. The van der Waals surface area contributed by atoms with E-state index in [1.165, 1.54) is 11.1 Å². The molecule has 0 bridgehead atoms. The number of thiocarbonyl (C=S) groups is 1. The van der Waals surface area contributed by atoms with Crippen LogP contribution < -0.4 is 10.7 Å². The summed E-state index contributed by atoms with van der Waals surface area (Å²) < 4.78 is 0. The Balaban J connectivity index is 1.88. The van der Waals surface area contributed by atoms with Gasteiger partial charge in [-0.3, -0.25) is 5.43 Å². The van der Waals surface area contributed by atoms with Crippen molar-refractivity contribution in [1.29, 1.82) is 0 Å². The number of hydrogen-bond acceptors (Lipinski definition) is 3. The summed E-state index contributed by atoms with van der Waals surface area (Å²) in [7, 11) is 0. The number of thiophene rings is 1. The molecule has 0 aliphatic carbocycles. The second kappa shape index (κ2) is 6.45. The van der Waals surface area contributed by atoms with Crippen LogP contribution in [0.1, 0.15) is 16.0 Å². The van der Waals surface area contributed by atoms with Crippen LogP contribution in [0.15, 0.2) is 40.8 Å². The first kappa shape index (κ1) is 13.7.